The van der Waals surface area contributed by atoms with Crippen molar-refractivity contribution in [2.75, 3.05) is 14.2 Å². The van der Waals surface area contributed by atoms with Crippen LogP contribution >= 0.6 is 0 Å². The minimum absolute atomic E-state index is 0.162. The number of aromatic nitrogens is 1. The summed E-state index contributed by atoms with van der Waals surface area (Å²) in [6.07, 6.45) is 1.80. The van der Waals surface area contributed by atoms with Crippen LogP contribution in [0.4, 0.5) is 0 Å². The topological polar surface area (TPSA) is 71.8 Å². The Morgan fingerprint density at radius 2 is 1.53 bits per heavy atom. The average Bonchev–Trinajstić information content (AvgIpc) is 2.82. The molecule has 3 aromatic carbocycles. The molecule has 0 aliphatic heterocycles. The predicted molar refractivity (Wildman–Crippen MR) is 118 cm³/mol. The predicted octanol–water partition coefficient (Wildman–Crippen LogP) is 4.57. The lowest BCUT2D eigenvalue weighted by Gasteiger charge is -2.17. The SMILES string of the molecule is COc1ccc(-c2cnc3cc(CO)c(CO)c(-c4ccccc4)c3c2)cc1OC. The van der Waals surface area contributed by atoms with Crippen LogP contribution in [0.3, 0.4) is 0 Å². The maximum absolute atomic E-state index is 10.1. The van der Waals surface area contributed by atoms with Gasteiger partial charge in [-0.2, -0.15) is 0 Å². The molecule has 0 amide bonds. The van der Waals surface area contributed by atoms with Crippen LogP contribution in [-0.2, 0) is 13.2 Å². The summed E-state index contributed by atoms with van der Waals surface area (Å²) in [6.45, 7) is -0.332. The molecule has 0 saturated heterocycles. The molecule has 0 atom stereocenters. The number of methoxy groups -OCH3 is 2. The number of benzene rings is 3. The summed E-state index contributed by atoms with van der Waals surface area (Å²) >= 11 is 0. The maximum atomic E-state index is 10.1. The summed E-state index contributed by atoms with van der Waals surface area (Å²) in [5.41, 5.74) is 5.86. The molecule has 30 heavy (non-hydrogen) atoms. The second-order valence-electron chi connectivity index (χ2n) is 6.93. The molecule has 2 N–H and O–H groups in total. The number of rotatable bonds is 6. The Morgan fingerprint density at radius 3 is 2.20 bits per heavy atom. The number of hydrogen-bond donors (Lipinski definition) is 2. The van der Waals surface area contributed by atoms with Crippen LogP contribution in [0, 0.1) is 0 Å². The van der Waals surface area contributed by atoms with Crippen LogP contribution in [0.15, 0.2) is 66.9 Å². The number of fused-ring (bicyclic) bond motifs is 1. The van der Waals surface area contributed by atoms with E-state index in [0.29, 0.717) is 22.6 Å². The van der Waals surface area contributed by atoms with Crippen molar-refractivity contribution in [3.05, 3.63) is 78.0 Å². The van der Waals surface area contributed by atoms with Crippen molar-refractivity contribution < 1.29 is 19.7 Å². The van der Waals surface area contributed by atoms with E-state index in [0.717, 1.165) is 33.2 Å². The van der Waals surface area contributed by atoms with Crippen molar-refractivity contribution in [3.63, 3.8) is 0 Å². The highest BCUT2D eigenvalue weighted by Crippen LogP contribution is 2.37. The fourth-order valence-electron chi connectivity index (χ4n) is 3.80. The Bertz CT molecular complexity index is 1190. The van der Waals surface area contributed by atoms with Gasteiger partial charge in [-0.1, -0.05) is 36.4 Å². The van der Waals surface area contributed by atoms with Crippen molar-refractivity contribution in [1.29, 1.82) is 0 Å². The Morgan fingerprint density at radius 1 is 0.767 bits per heavy atom. The van der Waals surface area contributed by atoms with Crippen molar-refractivity contribution in [2.24, 2.45) is 0 Å². The zero-order valence-corrected chi connectivity index (χ0v) is 16.9. The molecule has 1 aromatic heterocycles. The monoisotopic (exact) mass is 401 g/mol. The van der Waals surface area contributed by atoms with Gasteiger partial charge in [0.1, 0.15) is 0 Å². The second kappa shape index (κ2) is 8.53. The first kappa shape index (κ1) is 19.9. The van der Waals surface area contributed by atoms with Crippen molar-refractivity contribution in [3.8, 4) is 33.8 Å². The van der Waals surface area contributed by atoms with E-state index in [4.69, 9.17) is 9.47 Å². The zero-order valence-electron chi connectivity index (χ0n) is 16.9. The van der Waals surface area contributed by atoms with Gasteiger partial charge in [0.25, 0.3) is 0 Å². The van der Waals surface area contributed by atoms with Gasteiger partial charge in [0.2, 0.25) is 0 Å². The number of nitrogens with zero attached hydrogens (tertiary/aromatic N) is 1. The number of pyridine rings is 1. The van der Waals surface area contributed by atoms with Crippen molar-refractivity contribution in [1.82, 2.24) is 4.98 Å². The fourth-order valence-corrected chi connectivity index (χ4v) is 3.80. The van der Waals surface area contributed by atoms with Gasteiger partial charge in [0, 0.05) is 17.1 Å². The van der Waals surface area contributed by atoms with Gasteiger partial charge >= 0.3 is 0 Å². The highest BCUT2D eigenvalue weighted by Gasteiger charge is 2.16. The van der Waals surface area contributed by atoms with E-state index in [1.165, 1.54) is 0 Å². The highest BCUT2D eigenvalue weighted by molar-refractivity contribution is 5.99. The van der Waals surface area contributed by atoms with E-state index in [2.05, 4.69) is 11.1 Å². The molecule has 0 fully saturated rings. The number of ether oxygens (including phenoxy) is 2. The van der Waals surface area contributed by atoms with Crippen molar-refractivity contribution >= 4 is 10.9 Å². The highest BCUT2D eigenvalue weighted by atomic mass is 16.5. The molecule has 0 spiro atoms. The van der Waals surface area contributed by atoms with E-state index < -0.39 is 0 Å². The van der Waals surface area contributed by atoms with Gasteiger partial charge in [-0.25, -0.2) is 0 Å². The zero-order chi connectivity index (χ0) is 21.1. The first-order chi connectivity index (χ1) is 14.7. The Labute approximate surface area is 175 Å². The van der Waals surface area contributed by atoms with E-state index in [9.17, 15) is 10.2 Å². The van der Waals surface area contributed by atoms with Crippen LogP contribution in [0.25, 0.3) is 33.2 Å². The lowest BCUT2D eigenvalue weighted by atomic mass is 9.90. The largest absolute Gasteiger partial charge is 0.493 e. The van der Waals surface area contributed by atoms with E-state index >= 15 is 0 Å². The quantitative estimate of drug-likeness (QED) is 0.495. The van der Waals surface area contributed by atoms with Crippen molar-refractivity contribution in [2.45, 2.75) is 13.2 Å². The maximum Gasteiger partial charge on any atom is 0.161 e. The molecule has 0 radical (unpaired) electrons. The molecule has 0 saturated carbocycles. The fraction of sp³-hybridized carbons (Fsp3) is 0.160. The molecule has 0 unspecified atom stereocenters. The first-order valence-corrected chi connectivity index (χ1v) is 9.64. The van der Waals surface area contributed by atoms with Gasteiger partial charge in [-0.05, 0) is 52.1 Å². The standard InChI is InChI=1S/C25H23NO4/c1-29-23-9-8-17(12-24(23)30-2)18-10-20-22(26-13-18)11-19(14-27)21(15-28)25(20)16-6-4-3-5-7-16/h3-13,27-28H,14-15H2,1-2H3. The normalized spacial score (nSPS) is 10.9. The molecule has 1 heterocycles. The number of aliphatic hydroxyl groups is 2. The third-order valence-electron chi connectivity index (χ3n) is 5.30. The summed E-state index contributed by atoms with van der Waals surface area (Å²) in [5, 5.41) is 20.9. The lowest BCUT2D eigenvalue weighted by Crippen LogP contribution is -2.00. The van der Waals surface area contributed by atoms with Crippen LogP contribution in [0.1, 0.15) is 11.1 Å². The third-order valence-corrected chi connectivity index (χ3v) is 5.30. The summed E-state index contributed by atoms with van der Waals surface area (Å²) in [6, 6.07) is 19.5. The van der Waals surface area contributed by atoms with E-state index in [1.54, 1.807) is 20.4 Å². The Hall–Kier alpha value is -3.41. The Kier molecular flexibility index (Phi) is 5.65. The lowest BCUT2D eigenvalue weighted by molar-refractivity contribution is 0.260. The van der Waals surface area contributed by atoms with Gasteiger partial charge in [0.05, 0.1) is 33.0 Å². The molecule has 0 aliphatic rings. The summed E-state index contributed by atoms with van der Waals surface area (Å²) in [7, 11) is 3.22. The molecular formula is C25H23NO4. The minimum atomic E-state index is -0.170. The number of hydrogen-bond acceptors (Lipinski definition) is 5. The third kappa shape index (κ3) is 3.49. The van der Waals surface area contributed by atoms with Crippen LogP contribution < -0.4 is 9.47 Å². The van der Waals surface area contributed by atoms with Crippen LogP contribution in [-0.4, -0.2) is 29.4 Å². The minimum Gasteiger partial charge on any atom is -0.493 e. The van der Waals surface area contributed by atoms with E-state index in [1.807, 2.05) is 54.6 Å². The smallest absolute Gasteiger partial charge is 0.161 e. The average molecular weight is 401 g/mol. The molecule has 0 aliphatic carbocycles. The summed E-state index contributed by atoms with van der Waals surface area (Å²) in [5.74, 6) is 1.31. The summed E-state index contributed by atoms with van der Waals surface area (Å²) in [4.78, 5) is 4.66. The molecular weight excluding hydrogens is 378 g/mol. The first-order valence-electron chi connectivity index (χ1n) is 9.64. The van der Waals surface area contributed by atoms with Crippen LogP contribution in [0.2, 0.25) is 0 Å². The second-order valence-corrected chi connectivity index (χ2v) is 6.93. The summed E-state index contributed by atoms with van der Waals surface area (Å²) < 4.78 is 10.8. The molecule has 0 bridgehead atoms. The molecule has 4 aromatic rings. The molecule has 152 valence electrons. The number of aliphatic hydroxyl groups excluding tert-OH is 2. The van der Waals surface area contributed by atoms with Crippen LogP contribution in [0.5, 0.6) is 11.5 Å². The molecule has 5 heteroatoms. The van der Waals surface area contributed by atoms with Gasteiger partial charge in [-0.3, -0.25) is 4.98 Å². The van der Waals surface area contributed by atoms with Gasteiger partial charge < -0.3 is 19.7 Å². The van der Waals surface area contributed by atoms with E-state index in [-0.39, 0.29) is 13.2 Å². The molecule has 5 nitrogen and oxygen atoms in total. The Balaban J connectivity index is 1.99. The molecule has 4 rings (SSSR count). The van der Waals surface area contributed by atoms with Gasteiger partial charge in [-0.15, -0.1) is 0 Å². The van der Waals surface area contributed by atoms with Gasteiger partial charge in [0.15, 0.2) is 11.5 Å².